The van der Waals surface area contributed by atoms with E-state index in [1.165, 1.54) is 16.5 Å². The van der Waals surface area contributed by atoms with Crippen LogP contribution in [0.3, 0.4) is 0 Å². The van der Waals surface area contributed by atoms with Gasteiger partial charge >= 0.3 is 0 Å². The Hall–Kier alpha value is -4.57. The molecule has 0 unspecified atom stereocenters. The van der Waals surface area contributed by atoms with Crippen molar-refractivity contribution in [2.45, 2.75) is 52.2 Å². The van der Waals surface area contributed by atoms with Crippen molar-refractivity contribution in [2.24, 2.45) is 5.41 Å². The van der Waals surface area contributed by atoms with Gasteiger partial charge in [0.15, 0.2) is 5.78 Å². The number of aromatic nitrogens is 6. The summed E-state index contributed by atoms with van der Waals surface area (Å²) in [6.07, 6.45) is 5.61. The number of pyridine rings is 2. The highest BCUT2D eigenvalue weighted by Gasteiger charge is 2.68. The Kier molecular flexibility index (Phi) is 6.37. The zero-order valence-electron chi connectivity index (χ0n) is 22.4. The van der Waals surface area contributed by atoms with Gasteiger partial charge in [-0.3, -0.25) is 24.0 Å². The number of carbonyl (C=O) groups is 3. The average Bonchev–Trinajstić information content (AvgIpc) is 3.38. The molecule has 0 radical (unpaired) electrons. The topological polar surface area (TPSA) is 160 Å². The number of piperidine rings is 1. The van der Waals surface area contributed by atoms with Crippen LogP contribution in [0.4, 0.5) is 5.82 Å². The molecule has 13 heteroatoms. The first kappa shape index (κ1) is 26.6. The van der Waals surface area contributed by atoms with E-state index >= 15 is 0 Å². The number of fused-ring (bicyclic) bond motifs is 2. The van der Waals surface area contributed by atoms with Crippen LogP contribution in [-0.2, 0) is 16.1 Å². The Morgan fingerprint density at radius 1 is 1.15 bits per heavy atom. The molecule has 1 saturated carbocycles. The van der Waals surface area contributed by atoms with Crippen LogP contribution in [0.15, 0.2) is 41.4 Å². The summed E-state index contributed by atoms with van der Waals surface area (Å²) in [7, 11) is 0. The molecule has 4 aromatic heterocycles. The van der Waals surface area contributed by atoms with Crippen LogP contribution in [0.1, 0.15) is 41.6 Å². The molecule has 6 rings (SSSR count). The highest BCUT2D eigenvalue weighted by atomic mass is 79.9. The average molecular weight is 614 g/mol. The number of aryl methyl sites for hydroxylation is 2. The van der Waals surface area contributed by atoms with Crippen molar-refractivity contribution >= 4 is 50.2 Å². The van der Waals surface area contributed by atoms with E-state index in [1.807, 2.05) is 13.0 Å². The summed E-state index contributed by atoms with van der Waals surface area (Å²) in [4.78, 5) is 58.4. The molecule has 2 aliphatic rings. The van der Waals surface area contributed by atoms with Crippen LogP contribution >= 0.6 is 15.9 Å². The number of rotatable bonds is 6. The monoisotopic (exact) mass is 613 g/mol. The molecule has 0 bridgehead atoms. The fourth-order valence-corrected chi connectivity index (χ4v) is 5.75. The Morgan fingerprint density at radius 2 is 1.90 bits per heavy atom. The molecule has 3 atom stereocenters. The van der Waals surface area contributed by atoms with Crippen LogP contribution in [0.2, 0.25) is 0 Å². The minimum Gasteiger partial charge on any atom is -0.324 e. The molecule has 2 fully saturated rings. The molecule has 0 aromatic carbocycles. The van der Waals surface area contributed by atoms with Gasteiger partial charge in [0.2, 0.25) is 11.8 Å². The van der Waals surface area contributed by atoms with E-state index < -0.39 is 17.4 Å². The zero-order chi connectivity index (χ0) is 29.1. The molecule has 5 heterocycles. The van der Waals surface area contributed by atoms with Crippen molar-refractivity contribution in [3.05, 3.63) is 58.5 Å². The van der Waals surface area contributed by atoms with E-state index in [1.54, 1.807) is 37.6 Å². The molecule has 1 aliphatic carbocycles. The summed E-state index contributed by atoms with van der Waals surface area (Å²) in [6.45, 7) is 4.79. The maximum atomic E-state index is 13.8. The number of Topliss-reactive ketones (excluding diaryl/α,β-unsaturated/α-hetero) is 1. The molecule has 206 valence electrons. The highest BCUT2D eigenvalue weighted by Crippen LogP contribution is 2.59. The van der Waals surface area contributed by atoms with Gasteiger partial charge in [-0.15, -0.1) is 0 Å². The summed E-state index contributed by atoms with van der Waals surface area (Å²) >= 11 is 3.32. The Balaban J connectivity index is 1.30. The van der Waals surface area contributed by atoms with Crippen LogP contribution in [-0.4, -0.2) is 64.3 Å². The number of halogens is 1. The molecule has 1 aliphatic heterocycles. The standard InChI is InChI=1S/C28H24BrN9O3/c1-14-4-5-23(29)34-26(14)35-27(41)20-7-28(13-30)8-22(28)38(20)24(40)12-37-21-11-33-19(17-9-31-16(3)32-10-17)6-18(21)25(36-37)15(2)39/h4-6,9-11,20,22H,7-8,12H2,1-3H3,(H,34,35,41)/t20-,22+,28-/m0/s1. The summed E-state index contributed by atoms with van der Waals surface area (Å²) in [5, 5.41) is 17.7. The van der Waals surface area contributed by atoms with E-state index in [9.17, 15) is 19.6 Å². The lowest BCUT2D eigenvalue weighted by Crippen LogP contribution is -2.47. The van der Waals surface area contributed by atoms with E-state index in [-0.39, 0.29) is 36.4 Å². The fraction of sp³-hybridized carbons (Fsp3) is 0.321. The Bertz CT molecular complexity index is 1800. The third-order valence-electron chi connectivity index (χ3n) is 7.71. The van der Waals surface area contributed by atoms with Gasteiger partial charge in [-0.2, -0.15) is 10.4 Å². The first-order chi connectivity index (χ1) is 19.6. The lowest BCUT2D eigenvalue weighted by atomic mass is 10.0. The van der Waals surface area contributed by atoms with Gasteiger partial charge in [-0.1, -0.05) is 6.07 Å². The summed E-state index contributed by atoms with van der Waals surface area (Å²) < 4.78 is 1.99. The number of likely N-dealkylation sites (tertiary alicyclic amines) is 1. The summed E-state index contributed by atoms with van der Waals surface area (Å²) in [5.41, 5.74) is 1.96. The number of amides is 2. The van der Waals surface area contributed by atoms with E-state index in [4.69, 9.17) is 0 Å². The van der Waals surface area contributed by atoms with Crippen molar-refractivity contribution in [1.82, 2.24) is 34.6 Å². The van der Waals surface area contributed by atoms with Crippen molar-refractivity contribution in [3.8, 4) is 17.3 Å². The van der Waals surface area contributed by atoms with Crippen LogP contribution in [0.5, 0.6) is 0 Å². The first-order valence-corrected chi connectivity index (χ1v) is 13.7. The minimum atomic E-state index is -0.846. The van der Waals surface area contributed by atoms with Crippen molar-refractivity contribution < 1.29 is 14.4 Å². The van der Waals surface area contributed by atoms with Gasteiger partial charge in [0.05, 0.1) is 34.9 Å². The number of nitrogens with one attached hydrogen (secondary N) is 1. The van der Waals surface area contributed by atoms with Gasteiger partial charge in [-0.05, 0) is 60.3 Å². The van der Waals surface area contributed by atoms with Crippen LogP contribution in [0, 0.1) is 30.6 Å². The molecule has 2 amide bonds. The van der Waals surface area contributed by atoms with Crippen molar-refractivity contribution in [3.63, 3.8) is 0 Å². The number of nitriles is 1. The zero-order valence-corrected chi connectivity index (χ0v) is 24.0. The fourth-order valence-electron chi connectivity index (χ4n) is 5.44. The number of ketones is 1. The maximum absolute atomic E-state index is 13.8. The third-order valence-corrected chi connectivity index (χ3v) is 8.16. The predicted molar refractivity (Wildman–Crippen MR) is 150 cm³/mol. The summed E-state index contributed by atoms with van der Waals surface area (Å²) in [5.74, 6) is -0.0408. The van der Waals surface area contributed by atoms with Crippen molar-refractivity contribution in [2.75, 3.05) is 5.32 Å². The molecular formula is C28H24BrN9O3. The van der Waals surface area contributed by atoms with Gasteiger partial charge < -0.3 is 10.2 Å². The third kappa shape index (κ3) is 4.63. The second kappa shape index (κ2) is 9.81. The van der Waals surface area contributed by atoms with Gasteiger partial charge in [0.1, 0.15) is 34.5 Å². The minimum absolute atomic E-state index is 0.203. The highest BCUT2D eigenvalue weighted by molar-refractivity contribution is 9.10. The molecule has 12 nitrogen and oxygen atoms in total. The maximum Gasteiger partial charge on any atom is 0.248 e. The Labute approximate surface area is 243 Å². The van der Waals surface area contributed by atoms with E-state index in [0.717, 1.165) is 5.56 Å². The first-order valence-electron chi connectivity index (χ1n) is 12.9. The Morgan fingerprint density at radius 3 is 2.61 bits per heavy atom. The molecule has 1 N–H and O–H groups in total. The van der Waals surface area contributed by atoms with Crippen LogP contribution in [0.25, 0.3) is 22.2 Å². The molecule has 0 spiro atoms. The number of nitrogens with zero attached hydrogens (tertiary/aromatic N) is 8. The normalized spacial score (nSPS) is 20.9. The van der Waals surface area contributed by atoms with Gasteiger partial charge in [0.25, 0.3) is 0 Å². The number of anilines is 1. The SMILES string of the molecule is CC(=O)c1nn(CC(=O)N2[C@H](C(=O)Nc3nc(Br)ccc3C)C[C@@]3(C#N)C[C@@H]23)c2cnc(-c3cnc(C)nc3)cc12. The van der Waals surface area contributed by atoms with Crippen LogP contribution < -0.4 is 5.32 Å². The lowest BCUT2D eigenvalue weighted by Gasteiger charge is -2.26. The molecular weight excluding hydrogens is 590 g/mol. The largest absolute Gasteiger partial charge is 0.324 e. The van der Waals surface area contributed by atoms with E-state index in [2.05, 4.69) is 52.4 Å². The predicted octanol–water partition coefficient (Wildman–Crippen LogP) is 3.39. The van der Waals surface area contributed by atoms with Crippen molar-refractivity contribution in [1.29, 1.82) is 5.26 Å². The smallest absolute Gasteiger partial charge is 0.248 e. The second-order valence-corrected chi connectivity index (χ2v) is 11.3. The molecule has 41 heavy (non-hydrogen) atoms. The summed E-state index contributed by atoms with van der Waals surface area (Å²) in [6, 6.07) is 6.43. The van der Waals surface area contributed by atoms with Gasteiger partial charge in [0, 0.05) is 30.3 Å². The number of carbonyl (C=O) groups excluding carboxylic acids is 3. The quantitative estimate of drug-likeness (QED) is 0.254. The molecule has 1 saturated heterocycles. The molecule has 4 aromatic rings. The van der Waals surface area contributed by atoms with Gasteiger partial charge in [-0.25, -0.2) is 15.0 Å². The lowest BCUT2D eigenvalue weighted by molar-refractivity contribution is -0.138. The second-order valence-electron chi connectivity index (χ2n) is 10.5. The number of hydrogen-bond acceptors (Lipinski definition) is 9. The number of hydrogen-bond donors (Lipinski definition) is 1. The van der Waals surface area contributed by atoms with E-state index in [0.29, 0.717) is 44.8 Å².